The quantitative estimate of drug-likeness (QED) is 0.906. The van der Waals surface area contributed by atoms with E-state index in [0.717, 1.165) is 34.9 Å². The summed E-state index contributed by atoms with van der Waals surface area (Å²) in [6.45, 7) is 5.16. The Hall–Kier alpha value is -1.32. The van der Waals surface area contributed by atoms with Crippen LogP contribution in [0.3, 0.4) is 0 Å². The van der Waals surface area contributed by atoms with Crippen molar-refractivity contribution < 1.29 is 0 Å². The van der Waals surface area contributed by atoms with Crippen LogP contribution in [0.1, 0.15) is 36.3 Å². The first-order chi connectivity index (χ1) is 9.19. The first-order valence-electron chi connectivity index (χ1n) is 6.62. The van der Waals surface area contributed by atoms with Gasteiger partial charge in [0.05, 0.1) is 6.04 Å². The van der Waals surface area contributed by atoms with Crippen LogP contribution in [0.15, 0.2) is 30.6 Å². The van der Waals surface area contributed by atoms with Crippen molar-refractivity contribution in [2.24, 2.45) is 0 Å². The number of hydrogen-bond donors (Lipinski definition) is 1. The molecule has 0 aliphatic heterocycles. The molecule has 0 saturated carbocycles. The number of aryl methyl sites for hydroxylation is 2. The van der Waals surface area contributed by atoms with Gasteiger partial charge in [-0.25, -0.2) is 4.98 Å². The average Bonchev–Trinajstić information content (AvgIpc) is 2.84. The minimum absolute atomic E-state index is 0.0222. The highest BCUT2D eigenvalue weighted by molar-refractivity contribution is 6.32. The average molecular weight is 278 g/mol. The van der Waals surface area contributed by atoms with Crippen molar-refractivity contribution in [1.29, 1.82) is 0 Å². The second-order valence-corrected chi connectivity index (χ2v) is 5.06. The van der Waals surface area contributed by atoms with Crippen LogP contribution in [0.4, 0.5) is 0 Å². The van der Waals surface area contributed by atoms with Gasteiger partial charge in [-0.15, -0.1) is 0 Å². The zero-order chi connectivity index (χ0) is 13.8. The summed E-state index contributed by atoms with van der Waals surface area (Å²) in [6.07, 6.45) is 4.95. The van der Waals surface area contributed by atoms with E-state index in [9.17, 15) is 0 Å². The third kappa shape index (κ3) is 2.82. The molecule has 102 valence electrons. The number of benzene rings is 1. The highest BCUT2D eigenvalue weighted by atomic mass is 35.5. The number of aromatic nitrogens is 2. The topological polar surface area (TPSA) is 29.9 Å². The summed E-state index contributed by atoms with van der Waals surface area (Å²) < 4.78 is 2.18. The van der Waals surface area contributed by atoms with E-state index < -0.39 is 0 Å². The SMILES string of the molecule is CCCn1ccnc1C(NC)c1cccc(C)c1Cl. The van der Waals surface area contributed by atoms with Gasteiger partial charge in [0.15, 0.2) is 0 Å². The van der Waals surface area contributed by atoms with Crippen LogP contribution < -0.4 is 5.32 Å². The van der Waals surface area contributed by atoms with Crippen molar-refractivity contribution in [3.63, 3.8) is 0 Å². The molecule has 1 aromatic heterocycles. The summed E-state index contributed by atoms with van der Waals surface area (Å²) in [6, 6.07) is 6.14. The molecule has 1 aromatic carbocycles. The van der Waals surface area contributed by atoms with Gasteiger partial charge in [-0.2, -0.15) is 0 Å². The summed E-state index contributed by atoms with van der Waals surface area (Å²) in [7, 11) is 1.94. The summed E-state index contributed by atoms with van der Waals surface area (Å²) in [5, 5.41) is 4.13. The van der Waals surface area contributed by atoms with Crippen LogP contribution >= 0.6 is 11.6 Å². The van der Waals surface area contributed by atoms with Gasteiger partial charge in [0.25, 0.3) is 0 Å². The zero-order valence-corrected chi connectivity index (χ0v) is 12.4. The number of nitrogens with one attached hydrogen (secondary N) is 1. The maximum Gasteiger partial charge on any atom is 0.130 e. The van der Waals surface area contributed by atoms with E-state index in [-0.39, 0.29) is 6.04 Å². The molecule has 0 saturated heterocycles. The molecule has 0 bridgehead atoms. The van der Waals surface area contributed by atoms with E-state index in [1.165, 1.54) is 0 Å². The molecule has 1 heterocycles. The lowest BCUT2D eigenvalue weighted by Gasteiger charge is -2.20. The molecule has 4 heteroatoms. The number of imidazole rings is 1. The molecule has 0 spiro atoms. The molecule has 1 atom stereocenters. The van der Waals surface area contributed by atoms with Crippen molar-refractivity contribution in [2.45, 2.75) is 32.9 Å². The van der Waals surface area contributed by atoms with E-state index >= 15 is 0 Å². The highest BCUT2D eigenvalue weighted by Gasteiger charge is 2.20. The maximum atomic E-state index is 6.44. The first-order valence-corrected chi connectivity index (χ1v) is 7.00. The van der Waals surface area contributed by atoms with Crippen LogP contribution in [0.25, 0.3) is 0 Å². The summed E-state index contributed by atoms with van der Waals surface area (Å²) >= 11 is 6.44. The normalized spacial score (nSPS) is 12.6. The molecule has 0 aliphatic rings. The van der Waals surface area contributed by atoms with Crippen LogP contribution in [0.5, 0.6) is 0 Å². The fraction of sp³-hybridized carbons (Fsp3) is 0.400. The van der Waals surface area contributed by atoms with Crippen LogP contribution in [-0.4, -0.2) is 16.6 Å². The Morgan fingerprint density at radius 1 is 1.42 bits per heavy atom. The predicted octanol–water partition coefficient (Wildman–Crippen LogP) is 3.56. The van der Waals surface area contributed by atoms with E-state index in [0.29, 0.717) is 0 Å². The number of rotatable bonds is 5. The number of hydrogen-bond acceptors (Lipinski definition) is 2. The maximum absolute atomic E-state index is 6.44. The van der Waals surface area contributed by atoms with Crippen molar-refractivity contribution in [1.82, 2.24) is 14.9 Å². The Morgan fingerprint density at radius 2 is 2.21 bits per heavy atom. The summed E-state index contributed by atoms with van der Waals surface area (Å²) in [5.74, 6) is 1.01. The van der Waals surface area contributed by atoms with Gasteiger partial charge in [-0.05, 0) is 31.5 Å². The molecular formula is C15H20ClN3. The molecule has 0 amide bonds. The molecule has 3 nitrogen and oxygen atoms in total. The van der Waals surface area contributed by atoms with Crippen LogP contribution in [0.2, 0.25) is 5.02 Å². The van der Waals surface area contributed by atoms with E-state index in [1.807, 2.05) is 38.5 Å². The Bertz CT molecular complexity index is 548. The molecule has 1 N–H and O–H groups in total. The second-order valence-electron chi connectivity index (χ2n) is 4.68. The standard InChI is InChI=1S/C15H20ClN3/c1-4-9-19-10-8-18-15(19)14(17-3)12-7-5-6-11(2)13(12)16/h5-8,10,14,17H,4,9H2,1-3H3. The minimum atomic E-state index is 0.0222. The number of halogens is 1. The Morgan fingerprint density at radius 3 is 2.89 bits per heavy atom. The Balaban J connectivity index is 2.44. The molecule has 0 aliphatic carbocycles. The third-order valence-electron chi connectivity index (χ3n) is 3.29. The molecule has 1 unspecified atom stereocenters. The molecule has 2 aromatic rings. The smallest absolute Gasteiger partial charge is 0.130 e. The van der Waals surface area contributed by atoms with E-state index in [1.54, 1.807) is 0 Å². The minimum Gasteiger partial charge on any atom is -0.333 e. The lowest BCUT2D eigenvalue weighted by atomic mass is 10.0. The summed E-state index contributed by atoms with van der Waals surface area (Å²) in [4.78, 5) is 4.49. The molecule has 0 fully saturated rings. The number of nitrogens with zero attached hydrogens (tertiary/aromatic N) is 2. The molecule has 19 heavy (non-hydrogen) atoms. The lowest BCUT2D eigenvalue weighted by Crippen LogP contribution is -2.22. The fourth-order valence-corrected chi connectivity index (χ4v) is 2.56. The van der Waals surface area contributed by atoms with Crippen molar-refractivity contribution in [3.8, 4) is 0 Å². The highest BCUT2D eigenvalue weighted by Crippen LogP contribution is 2.29. The molecule has 2 rings (SSSR count). The van der Waals surface area contributed by atoms with Crippen molar-refractivity contribution >= 4 is 11.6 Å². The van der Waals surface area contributed by atoms with Gasteiger partial charge < -0.3 is 9.88 Å². The Kier molecular flexibility index (Phi) is 4.61. The second kappa shape index (κ2) is 6.22. The van der Waals surface area contributed by atoms with Crippen LogP contribution in [0, 0.1) is 6.92 Å². The monoisotopic (exact) mass is 277 g/mol. The van der Waals surface area contributed by atoms with Gasteiger partial charge in [0, 0.05) is 24.0 Å². The third-order valence-corrected chi connectivity index (χ3v) is 3.81. The van der Waals surface area contributed by atoms with E-state index in [4.69, 9.17) is 11.6 Å². The van der Waals surface area contributed by atoms with Gasteiger partial charge in [0.2, 0.25) is 0 Å². The van der Waals surface area contributed by atoms with Crippen molar-refractivity contribution in [3.05, 3.63) is 52.6 Å². The molecular weight excluding hydrogens is 258 g/mol. The van der Waals surface area contributed by atoms with Crippen LogP contribution in [-0.2, 0) is 6.54 Å². The van der Waals surface area contributed by atoms with Crippen molar-refractivity contribution in [2.75, 3.05) is 7.05 Å². The zero-order valence-electron chi connectivity index (χ0n) is 11.7. The van der Waals surface area contributed by atoms with Gasteiger partial charge in [-0.1, -0.05) is 36.7 Å². The molecule has 0 radical (unpaired) electrons. The lowest BCUT2D eigenvalue weighted by molar-refractivity contribution is 0.568. The largest absolute Gasteiger partial charge is 0.333 e. The van der Waals surface area contributed by atoms with Gasteiger partial charge >= 0.3 is 0 Å². The first kappa shape index (κ1) is 14.1. The van der Waals surface area contributed by atoms with E-state index in [2.05, 4.69) is 27.9 Å². The Labute approximate surface area is 119 Å². The summed E-state index contributed by atoms with van der Waals surface area (Å²) in [5.41, 5.74) is 2.17. The fourth-order valence-electron chi connectivity index (χ4n) is 2.33. The predicted molar refractivity (Wildman–Crippen MR) is 79.6 cm³/mol. The van der Waals surface area contributed by atoms with Gasteiger partial charge in [-0.3, -0.25) is 0 Å². The van der Waals surface area contributed by atoms with Gasteiger partial charge in [0.1, 0.15) is 5.82 Å².